The van der Waals surface area contributed by atoms with Crippen LogP contribution in [0.5, 0.6) is 5.75 Å². The number of allylic oxidation sites excluding steroid dienone is 1. The topological polar surface area (TPSA) is 41.9 Å². The number of benzene rings is 2. The minimum atomic E-state index is -0.553. The first-order valence-electron chi connectivity index (χ1n) is 9.25. The summed E-state index contributed by atoms with van der Waals surface area (Å²) >= 11 is 3.51. The Labute approximate surface area is 169 Å². The summed E-state index contributed by atoms with van der Waals surface area (Å²) in [5.74, 6) is 0.811. The van der Waals surface area contributed by atoms with Gasteiger partial charge in [0.1, 0.15) is 18.5 Å². The van der Waals surface area contributed by atoms with Gasteiger partial charge in [0.05, 0.1) is 12.7 Å². The molecule has 1 heterocycles. The molecular formula is C22H26BrNO3. The van der Waals surface area contributed by atoms with E-state index in [9.17, 15) is 5.11 Å². The Bertz CT molecular complexity index is 752. The average molecular weight is 432 g/mol. The summed E-state index contributed by atoms with van der Waals surface area (Å²) in [6, 6.07) is 16.1. The molecule has 2 aromatic rings. The van der Waals surface area contributed by atoms with Crippen LogP contribution in [-0.4, -0.2) is 49.0 Å². The van der Waals surface area contributed by atoms with Gasteiger partial charge >= 0.3 is 0 Å². The van der Waals surface area contributed by atoms with E-state index in [0.29, 0.717) is 13.2 Å². The summed E-state index contributed by atoms with van der Waals surface area (Å²) in [7, 11) is 0. The van der Waals surface area contributed by atoms with Crippen molar-refractivity contribution < 1.29 is 14.6 Å². The monoisotopic (exact) mass is 431 g/mol. The predicted molar refractivity (Wildman–Crippen MR) is 111 cm³/mol. The van der Waals surface area contributed by atoms with Gasteiger partial charge in [-0.1, -0.05) is 52.3 Å². The lowest BCUT2D eigenvalue weighted by molar-refractivity contribution is -0.0459. The maximum Gasteiger partial charge on any atom is 0.122 e. The third kappa shape index (κ3) is 5.91. The molecule has 0 aliphatic carbocycles. The second kappa shape index (κ2) is 10.0. The van der Waals surface area contributed by atoms with Gasteiger partial charge in [0, 0.05) is 24.1 Å². The van der Waals surface area contributed by atoms with Crippen LogP contribution in [0.3, 0.4) is 0 Å². The summed E-state index contributed by atoms with van der Waals surface area (Å²) in [6.07, 6.45) is 2.08. The molecule has 1 N–H and O–H groups in total. The molecule has 3 rings (SSSR count). The van der Waals surface area contributed by atoms with E-state index < -0.39 is 6.10 Å². The molecule has 1 aliphatic rings. The minimum Gasteiger partial charge on any atom is -0.491 e. The van der Waals surface area contributed by atoms with Gasteiger partial charge in [-0.25, -0.2) is 0 Å². The van der Waals surface area contributed by atoms with Crippen molar-refractivity contribution in [2.75, 3.05) is 32.8 Å². The molecule has 27 heavy (non-hydrogen) atoms. The smallest absolute Gasteiger partial charge is 0.122 e. The number of ether oxygens (including phenoxy) is 2. The van der Waals surface area contributed by atoms with E-state index in [1.807, 2.05) is 42.5 Å². The second-order valence-corrected chi connectivity index (χ2v) is 7.66. The Morgan fingerprint density at radius 1 is 1.30 bits per heavy atom. The van der Waals surface area contributed by atoms with E-state index in [-0.39, 0.29) is 12.7 Å². The maximum absolute atomic E-state index is 10.4. The highest BCUT2D eigenvalue weighted by Crippen LogP contribution is 2.25. The van der Waals surface area contributed by atoms with Gasteiger partial charge in [-0.05, 0) is 35.7 Å². The summed E-state index contributed by atoms with van der Waals surface area (Å²) in [6.45, 7) is 6.86. The van der Waals surface area contributed by atoms with Crippen LogP contribution in [0.4, 0.5) is 0 Å². The fourth-order valence-electron chi connectivity index (χ4n) is 3.28. The molecule has 5 heteroatoms. The first-order valence-corrected chi connectivity index (χ1v) is 10.0. The van der Waals surface area contributed by atoms with E-state index in [2.05, 4.69) is 39.5 Å². The Balaban J connectivity index is 1.52. The number of rotatable bonds is 8. The number of para-hydroxylation sites is 1. The van der Waals surface area contributed by atoms with E-state index in [1.54, 1.807) is 0 Å². The molecule has 1 saturated heterocycles. The molecule has 0 radical (unpaired) electrons. The molecule has 144 valence electrons. The van der Waals surface area contributed by atoms with Crippen molar-refractivity contribution in [1.29, 1.82) is 0 Å². The molecule has 2 atom stereocenters. The molecule has 2 unspecified atom stereocenters. The number of aliphatic hydroxyl groups excluding tert-OH is 1. The van der Waals surface area contributed by atoms with E-state index in [4.69, 9.17) is 9.47 Å². The first-order chi connectivity index (χ1) is 13.2. The summed E-state index contributed by atoms with van der Waals surface area (Å²) in [4.78, 5) is 2.23. The van der Waals surface area contributed by atoms with Crippen molar-refractivity contribution in [2.45, 2.75) is 18.6 Å². The Morgan fingerprint density at radius 2 is 2.15 bits per heavy atom. The van der Waals surface area contributed by atoms with Gasteiger partial charge in [0.2, 0.25) is 0 Å². The van der Waals surface area contributed by atoms with Gasteiger partial charge in [-0.15, -0.1) is 6.58 Å². The number of nitrogens with zero attached hydrogens (tertiary/aromatic N) is 1. The maximum atomic E-state index is 10.4. The Morgan fingerprint density at radius 3 is 2.96 bits per heavy atom. The standard InChI is InChI=1S/C22H26BrNO3/c1-2-6-17-7-3-4-10-21(17)27-16-20(25)14-24-11-12-26-22(15-24)18-8-5-9-19(23)13-18/h2-5,7-10,13,20,22,25H,1,6,11-12,14-16H2. The minimum absolute atomic E-state index is 0.0256. The number of aliphatic hydroxyl groups is 1. The molecule has 1 fully saturated rings. The van der Waals surface area contributed by atoms with Gasteiger partial charge in [0.25, 0.3) is 0 Å². The molecule has 1 aliphatic heterocycles. The van der Waals surface area contributed by atoms with Crippen LogP contribution in [-0.2, 0) is 11.2 Å². The van der Waals surface area contributed by atoms with Crippen molar-refractivity contribution in [3.63, 3.8) is 0 Å². The number of morpholine rings is 1. The molecule has 0 spiro atoms. The zero-order valence-electron chi connectivity index (χ0n) is 15.4. The third-order valence-corrected chi connectivity index (χ3v) is 5.10. The zero-order chi connectivity index (χ0) is 19.1. The molecule has 0 saturated carbocycles. The average Bonchev–Trinajstić information content (AvgIpc) is 2.68. The largest absolute Gasteiger partial charge is 0.491 e. The van der Waals surface area contributed by atoms with Crippen LogP contribution in [0.15, 0.2) is 65.7 Å². The van der Waals surface area contributed by atoms with Crippen molar-refractivity contribution in [3.8, 4) is 5.75 Å². The number of hydrogen-bond acceptors (Lipinski definition) is 4. The lowest BCUT2D eigenvalue weighted by Gasteiger charge is -2.34. The normalized spacial score (nSPS) is 18.8. The van der Waals surface area contributed by atoms with Crippen molar-refractivity contribution in [3.05, 3.63) is 76.8 Å². The fraction of sp³-hybridized carbons (Fsp3) is 0.364. The SMILES string of the molecule is C=CCc1ccccc1OCC(O)CN1CCOC(c2cccc(Br)c2)C1. The van der Waals surface area contributed by atoms with Crippen LogP contribution in [0, 0.1) is 0 Å². The highest BCUT2D eigenvalue weighted by Gasteiger charge is 2.24. The molecule has 0 bridgehead atoms. The summed E-state index contributed by atoms with van der Waals surface area (Å²) < 4.78 is 12.8. The predicted octanol–water partition coefficient (Wildman–Crippen LogP) is 3.99. The summed E-state index contributed by atoms with van der Waals surface area (Å²) in [5, 5.41) is 10.4. The van der Waals surface area contributed by atoms with Gasteiger partial charge in [-0.3, -0.25) is 4.90 Å². The van der Waals surface area contributed by atoms with Crippen molar-refractivity contribution >= 4 is 15.9 Å². The lowest BCUT2D eigenvalue weighted by atomic mass is 10.1. The third-order valence-electron chi connectivity index (χ3n) is 4.61. The van der Waals surface area contributed by atoms with Crippen LogP contribution in [0.25, 0.3) is 0 Å². The Kier molecular flexibility index (Phi) is 7.47. The van der Waals surface area contributed by atoms with E-state index in [1.165, 1.54) is 0 Å². The lowest BCUT2D eigenvalue weighted by Crippen LogP contribution is -2.43. The molecule has 0 amide bonds. The van der Waals surface area contributed by atoms with Crippen LogP contribution < -0.4 is 4.74 Å². The molecular weight excluding hydrogens is 406 g/mol. The van der Waals surface area contributed by atoms with Gasteiger partial charge in [0.15, 0.2) is 0 Å². The first kappa shape index (κ1) is 20.1. The number of hydrogen-bond donors (Lipinski definition) is 1. The highest BCUT2D eigenvalue weighted by molar-refractivity contribution is 9.10. The van der Waals surface area contributed by atoms with Crippen molar-refractivity contribution in [2.24, 2.45) is 0 Å². The summed E-state index contributed by atoms with van der Waals surface area (Å²) in [5.41, 5.74) is 2.24. The van der Waals surface area contributed by atoms with E-state index >= 15 is 0 Å². The fourth-order valence-corrected chi connectivity index (χ4v) is 3.70. The number of β-amino-alcohol motifs (C(OH)–C–C–N with tert-alkyl or cyclic N) is 1. The molecule has 0 aromatic heterocycles. The van der Waals surface area contributed by atoms with E-state index in [0.717, 1.165) is 40.9 Å². The van der Waals surface area contributed by atoms with Gasteiger partial charge < -0.3 is 14.6 Å². The number of halogens is 1. The van der Waals surface area contributed by atoms with Crippen LogP contribution >= 0.6 is 15.9 Å². The zero-order valence-corrected chi connectivity index (χ0v) is 17.0. The van der Waals surface area contributed by atoms with Crippen LogP contribution in [0.1, 0.15) is 17.2 Å². The van der Waals surface area contributed by atoms with Crippen LogP contribution in [0.2, 0.25) is 0 Å². The molecule has 2 aromatic carbocycles. The quantitative estimate of drug-likeness (QED) is 0.641. The van der Waals surface area contributed by atoms with Gasteiger partial charge in [-0.2, -0.15) is 0 Å². The Hall–Kier alpha value is -1.66. The second-order valence-electron chi connectivity index (χ2n) is 6.74. The highest BCUT2D eigenvalue weighted by atomic mass is 79.9. The molecule has 4 nitrogen and oxygen atoms in total. The van der Waals surface area contributed by atoms with Crippen molar-refractivity contribution in [1.82, 2.24) is 4.90 Å².